The molecule has 0 radical (unpaired) electrons. The van der Waals surface area contributed by atoms with Crippen LogP contribution in [0.1, 0.15) is 0 Å². The van der Waals surface area contributed by atoms with Gasteiger partial charge < -0.3 is 10.5 Å². The number of rotatable bonds is 2. The second-order valence-corrected chi connectivity index (χ2v) is 5.03. The third-order valence-corrected chi connectivity index (χ3v) is 3.86. The average Bonchev–Trinajstić information content (AvgIpc) is 2.92. The predicted molar refractivity (Wildman–Crippen MR) is 74.5 cm³/mol. The lowest BCUT2D eigenvalue weighted by atomic mass is 10.1. The molecule has 0 saturated heterocycles. The van der Waals surface area contributed by atoms with Crippen molar-refractivity contribution in [2.45, 2.75) is 0 Å². The van der Waals surface area contributed by atoms with Crippen LogP contribution in [-0.2, 0) is 0 Å². The second-order valence-electron chi connectivity index (χ2n) is 3.79. The number of nitrogens with zero attached hydrogens (tertiary/aromatic N) is 2. The van der Waals surface area contributed by atoms with Gasteiger partial charge in [-0.05, 0) is 18.2 Å². The Balaban J connectivity index is 2.13. The molecule has 0 saturated carbocycles. The highest BCUT2D eigenvalue weighted by Crippen LogP contribution is 2.32. The number of methoxy groups -OCH3 is 1. The van der Waals surface area contributed by atoms with E-state index in [1.165, 1.54) is 11.3 Å². The molecule has 0 unspecified atom stereocenters. The van der Waals surface area contributed by atoms with E-state index in [0.717, 1.165) is 22.0 Å². The molecule has 2 heterocycles. The molecule has 0 aliphatic rings. The number of imidazole rings is 1. The molecule has 18 heavy (non-hydrogen) atoms. The molecular formula is C12H10ClN3OS. The summed E-state index contributed by atoms with van der Waals surface area (Å²) in [4.78, 5) is 5.35. The summed E-state index contributed by atoms with van der Waals surface area (Å²) >= 11 is 7.72. The van der Waals surface area contributed by atoms with Crippen molar-refractivity contribution in [1.29, 1.82) is 0 Å². The molecule has 3 rings (SSSR count). The van der Waals surface area contributed by atoms with Gasteiger partial charge in [0.1, 0.15) is 11.6 Å². The van der Waals surface area contributed by atoms with Gasteiger partial charge >= 0.3 is 0 Å². The predicted octanol–water partition coefficient (Wildman–Crippen LogP) is 3.31. The van der Waals surface area contributed by atoms with Crippen molar-refractivity contribution in [1.82, 2.24) is 9.38 Å². The number of benzene rings is 1. The zero-order valence-corrected chi connectivity index (χ0v) is 11.1. The summed E-state index contributed by atoms with van der Waals surface area (Å²) in [6, 6.07) is 5.52. The zero-order chi connectivity index (χ0) is 12.7. The molecule has 6 heteroatoms. The minimum absolute atomic E-state index is 0.610. The summed E-state index contributed by atoms with van der Waals surface area (Å²) in [6.45, 7) is 0. The molecule has 92 valence electrons. The maximum atomic E-state index is 6.22. The van der Waals surface area contributed by atoms with E-state index in [0.29, 0.717) is 10.8 Å². The summed E-state index contributed by atoms with van der Waals surface area (Å²) in [7, 11) is 1.61. The van der Waals surface area contributed by atoms with Crippen molar-refractivity contribution in [2.24, 2.45) is 0 Å². The van der Waals surface area contributed by atoms with E-state index in [1.807, 2.05) is 28.1 Å². The number of hydrogen-bond acceptors (Lipinski definition) is 4. The number of anilines is 1. The van der Waals surface area contributed by atoms with Gasteiger partial charge in [0.15, 0.2) is 4.96 Å². The monoisotopic (exact) mass is 279 g/mol. The SMILES string of the molecule is COc1ccc(-c2cn3c(N)csc3n2)c(Cl)c1. The van der Waals surface area contributed by atoms with E-state index in [1.54, 1.807) is 13.2 Å². The van der Waals surface area contributed by atoms with E-state index in [9.17, 15) is 0 Å². The third kappa shape index (κ3) is 1.72. The van der Waals surface area contributed by atoms with Crippen molar-refractivity contribution in [3.8, 4) is 17.0 Å². The number of ether oxygens (including phenoxy) is 1. The highest BCUT2D eigenvalue weighted by Gasteiger charge is 2.11. The van der Waals surface area contributed by atoms with Crippen molar-refractivity contribution < 1.29 is 4.74 Å². The van der Waals surface area contributed by atoms with Crippen LogP contribution in [0.3, 0.4) is 0 Å². The van der Waals surface area contributed by atoms with E-state index < -0.39 is 0 Å². The first-order valence-electron chi connectivity index (χ1n) is 5.25. The van der Waals surface area contributed by atoms with Gasteiger partial charge in [-0.1, -0.05) is 11.6 Å². The molecule has 0 aliphatic heterocycles. The van der Waals surface area contributed by atoms with E-state index >= 15 is 0 Å². The molecule has 2 aromatic heterocycles. The van der Waals surface area contributed by atoms with Crippen molar-refractivity contribution in [2.75, 3.05) is 12.8 Å². The molecule has 0 bridgehead atoms. The van der Waals surface area contributed by atoms with Gasteiger partial charge in [-0.25, -0.2) is 4.98 Å². The summed E-state index contributed by atoms with van der Waals surface area (Å²) in [5.74, 6) is 1.41. The van der Waals surface area contributed by atoms with Crippen molar-refractivity contribution >= 4 is 33.7 Å². The molecule has 0 fully saturated rings. The molecule has 0 spiro atoms. The lowest BCUT2D eigenvalue weighted by Crippen LogP contribution is -1.88. The number of halogens is 1. The number of hydrogen-bond donors (Lipinski definition) is 1. The van der Waals surface area contributed by atoms with Gasteiger partial charge in [0.25, 0.3) is 0 Å². The molecule has 0 aliphatic carbocycles. The van der Waals surface area contributed by atoms with Crippen LogP contribution >= 0.6 is 22.9 Å². The molecule has 2 N–H and O–H groups in total. The largest absolute Gasteiger partial charge is 0.497 e. The maximum absolute atomic E-state index is 6.22. The topological polar surface area (TPSA) is 52.5 Å². The van der Waals surface area contributed by atoms with E-state index in [4.69, 9.17) is 22.1 Å². The molecule has 3 aromatic rings. The van der Waals surface area contributed by atoms with Gasteiger partial charge in [-0.15, -0.1) is 11.3 Å². The Bertz CT molecular complexity index is 719. The Kier molecular flexibility index (Phi) is 2.65. The number of thiazole rings is 1. The Labute approximate surface area is 113 Å². The third-order valence-electron chi connectivity index (χ3n) is 2.69. The van der Waals surface area contributed by atoms with Gasteiger partial charge in [-0.3, -0.25) is 4.40 Å². The molecule has 0 amide bonds. The maximum Gasteiger partial charge on any atom is 0.195 e. The fourth-order valence-corrected chi connectivity index (χ4v) is 2.79. The second kappa shape index (κ2) is 4.19. The Hall–Kier alpha value is -1.72. The average molecular weight is 280 g/mol. The highest BCUT2D eigenvalue weighted by molar-refractivity contribution is 7.15. The fourth-order valence-electron chi connectivity index (χ4n) is 1.76. The van der Waals surface area contributed by atoms with Crippen LogP contribution in [0.15, 0.2) is 29.8 Å². The first-order valence-corrected chi connectivity index (χ1v) is 6.51. The zero-order valence-electron chi connectivity index (χ0n) is 9.55. The number of aromatic nitrogens is 2. The highest BCUT2D eigenvalue weighted by atomic mass is 35.5. The lowest BCUT2D eigenvalue weighted by Gasteiger charge is -2.03. The molecule has 4 nitrogen and oxygen atoms in total. The standard InChI is InChI=1S/C12H10ClN3OS/c1-17-7-2-3-8(9(13)4-7)10-5-16-11(14)6-18-12(16)15-10/h2-6H,14H2,1H3. The minimum atomic E-state index is 0.610. The summed E-state index contributed by atoms with van der Waals surface area (Å²) in [5.41, 5.74) is 7.51. The fraction of sp³-hybridized carbons (Fsp3) is 0.0833. The van der Waals surface area contributed by atoms with Gasteiger partial charge in [0, 0.05) is 17.1 Å². The lowest BCUT2D eigenvalue weighted by molar-refractivity contribution is 0.415. The number of fused-ring (bicyclic) bond motifs is 1. The van der Waals surface area contributed by atoms with Gasteiger partial charge in [-0.2, -0.15) is 0 Å². The van der Waals surface area contributed by atoms with Crippen LogP contribution < -0.4 is 10.5 Å². The smallest absolute Gasteiger partial charge is 0.195 e. The van der Waals surface area contributed by atoms with E-state index in [2.05, 4.69) is 4.98 Å². The normalized spacial score (nSPS) is 11.0. The molecular weight excluding hydrogens is 270 g/mol. The van der Waals surface area contributed by atoms with E-state index in [-0.39, 0.29) is 0 Å². The van der Waals surface area contributed by atoms with Gasteiger partial charge in [0.2, 0.25) is 0 Å². The van der Waals surface area contributed by atoms with Crippen LogP contribution in [0, 0.1) is 0 Å². The minimum Gasteiger partial charge on any atom is -0.497 e. The number of nitrogens with two attached hydrogens (primary N) is 1. The van der Waals surface area contributed by atoms with Crippen molar-refractivity contribution in [3.05, 3.63) is 34.8 Å². The number of nitrogen functional groups attached to an aromatic ring is 1. The first kappa shape index (κ1) is 11.4. The quantitative estimate of drug-likeness (QED) is 0.783. The molecule has 0 atom stereocenters. The van der Waals surface area contributed by atoms with Crippen LogP contribution in [0.25, 0.3) is 16.2 Å². The van der Waals surface area contributed by atoms with Crippen molar-refractivity contribution in [3.63, 3.8) is 0 Å². The summed E-state index contributed by atoms with van der Waals surface area (Å²) in [6.07, 6.45) is 1.88. The van der Waals surface area contributed by atoms with Crippen LogP contribution in [-0.4, -0.2) is 16.5 Å². The summed E-state index contributed by atoms with van der Waals surface area (Å²) in [5, 5.41) is 2.47. The first-order chi connectivity index (χ1) is 8.69. The summed E-state index contributed by atoms with van der Waals surface area (Å²) < 4.78 is 6.97. The molecule has 1 aromatic carbocycles. The van der Waals surface area contributed by atoms with Gasteiger partial charge in [0.05, 0.1) is 17.8 Å². The Morgan fingerprint density at radius 3 is 2.94 bits per heavy atom. The Morgan fingerprint density at radius 2 is 2.28 bits per heavy atom. The van der Waals surface area contributed by atoms with Crippen LogP contribution in [0.4, 0.5) is 5.82 Å². The van der Waals surface area contributed by atoms with Crippen LogP contribution in [0.5, 0.6) is 5.75 Å². The Morgan fingerprint density at radius 1 is 1.44 bits per heavy atom. The van der Waals surface area contributed by atoms with Crippen LogP contribution in [0.2, 0.25) is 5.02 Å².